The Bertz CT molecular complexity index is 2040. The Labute approximate surface area is 229 Å². The van der Waals surface area contributed by atoms with Crippen molar-refractivity contribution in [3.05, 3.63) is 140 Å². The van der Waals surface area contributed by atoms with Crippen LogP contribution in [0.2, 0.25) is 0 Å². The summed E-state index contributed by atoms with van der Waals surface area (Å²) in [5.41, 5.74) is 13.4. The molecule has 8 rings (SSSR count). The van der Waals surface area contributed by atoms with Gasteiger partial charge in [0.1, 0.15) is 7.85 Å². The largest absolute Gasteiger partial charge is 0.114 e. The monoisotopic (exact) mass is 490 g/mol. The van der Waals surface area contributed by atoms with Crippen LogP contribution in [0, 0.1) is 0 Å². The van der Waals surface area contributed by atoms with E-state index in [1.807, 2.05) is 0 Å². The molecule has 0 atom stereocenters. The molecule has 0 N–H and O–H groups in total. The third-order valence-electron chi connectivity index (χ3n) is 8.15. The van der Waals surface area contributed by atoms with Crippen LogP contribution in [0.4, 0.5) is 0 Å². The Kier molecular flexibility index (Phi) is 4.87. The number of hydrogen-bond acceptors (Lipinski definition) is 0. The average molecular weight is 490 g/mol. The van der Waals surface area contributed by atoms with Gasteiger partial charge in [-0.2, -0.15) is 0 Å². The topological polar surface area (TPSA) is 0 Å². The number of hydrogen-bond donors (Lipinski definition) is 0. The third-order valence-corrected chi connectivity index (χ3v) is 8.15. The van der Waals surface area contributed by atoms with E-state index >= 15 is 0 Å². The minimum absolute atomic E-state index is 0.821. The molecule has 0 nitrogen and oxygen atoms in total. The molecule has 0 aromatic heterocycles. The summed E-state index contributed by atoms with van der Waals surface area (Å²) >= 11 is 0. The first-order valence-corrected chi connectivity index (χ1v) is 13.4. The van der Waals surface area contributed by atoms with Crippen LogP contribution >= 0.6 is 0 Å². The van der Waals surface area contributed by atoms with E-state index in [9.17, 15) is 0 Å². The molecule has 0 saturated carbocycles. The molecule has 0 amide bonds. The van der Waals surface area contributed by atoms with Crippen LogP contribution in [0.3, 0.4) is 0 Å². The maximum Gasteiger partial charge on any atom is 0.114 e. The highest BCUT2D eigenvalue weighted by atomic mass is 14.3. The lowest BCUT2D eigenvalue weighted by Crippen LogP contribution is -2.02. The van der Waals surface area contributed by atoms with Gasteiger partial charge in [-0.15, -0.1) is 0 Å². The number of rotatable bonds is 3. The van der Waals surface area contributed by atoms with Crippen LogP contribution in [0.5, 0.6) is 0 Å². The quantitative estimate of drug-likeness (QED) is 0.216. The lowest BCUT2D eigenvalue weighted by atomic mass is 9.81. The first-order chi connectivity index (χ1) is 19.3. The minimum atomic E-state index is 0.821. The van der Waals surface area contributed by atoms with E-state index < -0.39 is 0 Å². The normalized spacial score (nSPS) is 11.7. The highest BCUT2D eigenvalue weighted by molar-refractivity contribution is 6.41. The van der Waals surface area contributed by atoms with Crippen molar-refractivity contribution < 1.29 is 0 Å². The van der Waals surface area contributed by atoms with Gasteiger partial charge in [-0.1, -0.05) is 139 Å². The van der Waals surface area contributed by atoms with Gasteiger partial charge in [0.05, 0.1) is 0 Å². The molecule has 7 aromatic carbocycles. The van der Waals surface area contributed by atoms with Gasteiger partial charge in [0.15, 0.2) is 0 Å². The summed E-state index contributed by atoms with van der Waals surface area (Å²) in [7, 11) is 6.54. The predicted octanol–water partition coefficient (Wildman–Crippen LogP) is 9.44. The molecule has 178 valence electrons. The van der Waals surface area contributed by atoms with E-state index in [0.29, 0.717) is 0 Å². The van der Waals surface area contributed by atoms with Crippen molar-refractivity contribution in [2.45, 2.75) is 0 Å². The number of fused-ring (bicyclic) bond motifs is 4. The summed E-state index contributed by atoms with van der Waals surface area (Å²) in [6, 6.07) is 50.2. The Morgan fingerprint density at radius 2 is 0.897 bits per heavy atom. The highest BCUT2D eigenvalue weighted by Crippen LogP contribution is 2.57. The van der Waals surface area contributed by atoms with E-state index in [2.05, 4.69) is 140 Å². The summed E-state index contributed by atoms with van der Waals surface area (Å²) in [6.45, 7) is 0. The van der Waals surface area contributed by atoms with Crippen LogP contribution in [0.1, 0.15) is 0 Å². The molecule has 1 aliphatic rings. The second kappa shape index (κ2) is 8.58. The molecule has 0 aliphatic heterocycles. The molecule has 0 spiro atoms. The van der Waals surface area contributed by atoms with E-state index in [1.165, 1.54) is 71.8 Å². The van der Waals surface area contributed by atoms with Crippen molar-refractivity contribution >= 4 is 34.9 Å². The molecule has 1 aliphatic carbocycles. The van der Waals surface area contributed by atoms with E-state index in [1.54, 1.807) is 0 Å². The summed E-state index contributed by atoms with van der Waals surface area (Å²) < 4.78 is 0. The molecule has 1 heteroatoms. The fraction of sp³-hybridized carbons (Fsp3) is 0. The third kappa shape index (κ3) is 3.27. The van der Waals surface area contributed by atoms with Crippen LogP contribution in [-0.2, 0) is 0 Å². The molecule has 2 radical (unpaired) electrons. The van der Waals surface area contributed by atoms with Crippen molar-refractivity contribution in [3.63, 3.8) is 0 Å². The summed E-state index contributed by atoms with van der Waals surface area (Å²) in [4.78, 5) is 0. The standard InChI is InChI=1S/C38H23B/c39-33-22-21-31-36-29(33)17-10-18-30(36)37-35(26-15-8-3-9-16-26)32-23-27(24-11-4-1-5-12-24)19-20-28(32)34(38(31)37)25-13-6-2-7-14-25/h1-23H. The van der Waals surface area contributed by atoms with Gasteiger partial charge >= 0.3 is 0 Å². The van der Waals surface area contributed by atoms with Crippen molar-refractivity contribution in [3.8, 4) is 55.6 Å². The zero-order valence-corrected chi connectivity index (χ0v) is 21.4. The van der Waals surface area contributed by atoms with Gasteiger partial charge in [0.25, 0.3) is 0 Å². The van der Waals surface area contributed by atoms with Gasteiger partial charge in [-0.25, -0.2) is 0 Å². The lowest BCUT2D eigenvalue weighted by molar-refractivity contribution is 1.61. The number of benzene rings is 7. The fourth-order valence-electron chi connectivity index (χ4n) is 6.49. The van der Waals surface area contributed by atoms with Gasteiger partial charge in [0.2, 0.25) is 0 Å². The summed E-state index contributed by atoms with van der Waals surface area (Å²) in [5, 5.41) is 4.89. The van der Waals surface area contributed by atoms with Crippen LogP contribution in [0.25, 0.3) is 77.2 Å². The van der Waals surface area contributed by atoms with Crippen molar-refractivity contribution in [1.82, 2.24) is 0 Å². The molecule has 0 saturated heterocycles. The molecule has 0 fully saturated rings. The molecular weight excluding hydrogens is 467 g/mol. The highest BCUT2D eigenvalue weighted by Gasteiger charge is 2.30. The maximum atomic E-state index is 6.54. The van der Waals surface area contributed by atoms with Gasteiger partial charge in [-0.05, 0) is 83.2 Å². The minimum Gasteiger partial charge on any atom is -0.0889 e. The first kappa shape index (κ1) is 22.1. The zero-order valence-electron chi connectivity index (χ0n) is 21.4. The maximum absolute atomic E-state index is 6.54. The molecule has 0 heterocycles. The van der Waals surface area contributed by atoms with E-state index in [0.717, 1.165) is 10.8 Å². The second-order valence-corrected chi connectivity index (χ2v) is 10.3. The van der Waals surface area contributed by atoms with Gasteiger partial charge in [0, 0.05) is 0 Å². The molecule has 0 unspecified atom stereocenters. The Morgan fingerprint density at radius 3 is 1.54 bits per heavy atom. The fourth-order valence-corrected chi connectivity index (χ4v) is 6.49. The zero-order chi connectivity index (χ0) is 25.9. The van der Waals surface area contributed by atoms with Crippen LogP contribution in [0.15, 0.2) is 140 Å². The smallest absolute Gasteiger partial charge is 0.0889 e. The first-order valence-electron chi connectivity index (χ1n) is 13.4. The lowest BCUT2D eigenvalue weighted by Gasteiger charge is -2.21. The van der Waals surface area contributed by atoms with Crippen LogP contribution < -0.4 is 5.46 Å². The molecular formula is C38H23B. The summed E-state index contributed by atoms with van der Waals surface area (Å²) in [5.74, 6) is 0. The van der Waals surface area contributed by atoms with E-state index in [4.69, 9.17) is 7.85 Å². The van der Waals surface area contributed by atoms with Crippen molar-refractivity contribution in [2.24, 2.45) is 0 Å². The summed E-state index contributed by atoms with van der Waals surface area (Å²) in [6.07, 6.45) is 0. The van der Waals surface area contributed by atoms with E-state index in [-0.39, 0.29) is 0 Å². The van der Waals surface area contributed by atoms with Crippen molar-refractivity contribution in [1.29, 1.82) is 0 Å². The van der Waals surface area contributed by atoms with Gasteiger partial charge < -0.3 is 0 Å². The second-order valence-electron chi connectivity index (χ2n) is 10.3. The van der Waals surface area contributed by atoms with Crippen LogP contribution in [-0.4, -0.2) is 7.85 Å². The average Bonchev–Trinajstić information content (AvgIpc) is 3.33. The SMILES string of the molecule is [B]c1ccc2c3c(cccc13)-c1c-2c(-c2ccccc2)c2ccc(-c3ccccc3)cc2c1-c1ccccc1. The molecule has 0 bridgehead atoms. The molecule has 39 heavy (non-hydrogen) atoms. The Hall–Kier alpha value is -4.88. The predicted molar refractivity (Wildman–Crippen MR) is 168 cm³/mol. The van der Waals surface area contributed by atoms with Gasteiger partial charge in [-0.3, -0.25) is 0 Å². The Balaban J connectivity index is 1.62. The Morgan fingerprint density at radius 1 is 0.333 bits per heavy atom. The molecule has 7 aromatic rings. The van der Waals surface area contributed by atoms with Crippen molar-refractivity contribution in [2.75, 3.05) is 0 Å².